The van der Waals surface area contributed by atoms with E-state index in [1.54, 1.807) is 24.3 Å². The molecule has 202 valence electrons. The topological polar surface area (TPSA) is 84.5 Å². The van der Waals surface area contributed by atoms with Crippen LogP contribution in [0.4, 0.5) is 11.4 Å². The molecular weight excluding hydrogens is 464 g/mol. The molecule has 0 atom stereocenters. The Morgan fingerprint density at radius 1 is 0.703 bits per heavy atom. The highest BCUT2D eigenvalue weighted by atomic mass is 16.5. The first-order chi connectivity index (χ1) is 18.0. The van der Waals surface area contributed by atoms with Crippen LogP contribution in [0, 0.1) is 0 Å². The van der Waals surface area contributed by atoms with Gasteiger partial charge in [0.05, 0.1) is 5.56 Å². The molecule has 0 unspecified atom stereocenters. The standard InChI is InChI=1S/C31H44N2O4/c1-4-7-8-9-10-11-12-13-14-21-28(34)32-27-20-16-19-26(22-27)31(36)37-23-29(35)33-30-24(5-2)17-15-18-25(30)6-3/h15-20,22H,4-14,21,23H2,1-3H3,(H,32,34)(H,33,35). The fourth-order valence-electron chi connectivity index (χ4n) is 4.34. The van der Waals surface area contributed by atoms with Crippen molar-refractivity contribution in [3.63, 3.8) is 0 Å². The number of carbonyl (C=O) groups excluding carboxylic acids is 3. The average Bonchev–Trinajstić information content (AvgIpc) is 2.91. The first kappa shape index (κ1) is 30.1. The fraction of sp³-hybridized carbons (Fsp3) is 0.516. The second-order valence-corrected chi connectivity index (χ2v) is 9.49. The molecule has 37 heavy (non-hydrogen) atoms. The van der Waals surface area contributed by atoms with Gasteiger partial charge >= 0.3 is 5.97 Å². The predicted octanol–water partition coefficient (Wildman–Crippen LogP) is 7.47. The zero-order valence-corrected chi connectivity index (χ0v) is 22.9. The summed E-state index contributed by atoms with van der Waals surface area (Å²) in [5.74, 6) is -1.05. The van der Waals surface area contributed by atoms with Crippen LogP contribution in [-0.4, -0.2) is 24.4 Å². The summed E-state index contributed by atoms with van der Waals surface area (Å²) in [6, 6.07) is 12.6. The maximum Gasteiger partial charge on any atom is 0.338 e. The van der Waals surface area contributed by atoms with Gasteiger partial charge in [-0.1, -0.05) is 96.4 Å². The quantitative estimate of drug-likeness (QED) is 0.171. The molecule has 0 heterocycles. The van der Waals surface area contributed by atoms with Crippen LogP contribution in [0.15, 0.2) is 42.5 Å². The van der Waals surface area contributed by atoms with Gasteiger partial charge in [-0.25, -0.2) is 4.79 Å². The smallest absolute Gasteiger partial charge is 0.338 e. The largest absolute Gasteiger partial charge is 0.452 e. The monoisotopic (exact) mass is 508 g/mol. The lowest BCUT2D eigenvalue weighted by Gasteiger charge is -2.14. The molecule has 0 aromatic heterocycles. The van der Waals surface area contributed by atoms with Crippen molar-refractivity contribution in [3.8, 4) is 0 Å². The second kappa shape index (κ2) is 17.3. The van der Waals surface area contributed by atoms with Crippen LogP contribution in [0.25, 0.3) is 0 Å². The molecule has 6 heteroatoms. The third-order valence-corrected chi connectivity index (χ3v) is 6.49. The predicted molar refractivity (Wildman–Crippen MR) is 151 cm³/mol. The minimum Gasteiger partial charge on any atom is -0.452 e. The van der Waals surface area contributed by atoms with E-state index in [9.17, 15) is 14.4 Å². The van der Waals surface area contributed by atoms with Gasteiger partial charge in [0.1, 0.15) is 0 Å². The molecule has 0 aliphatic heterocycles. The van der Waals surface area contributed by atoms with E-state index in [-0.39, 0.29) is 24.0 Å². The minimum absolute atomic E-state index is 0.0610. The van der Waals surface area contributed by atoms with Crippen molar-refractivity contribution in [1.82, 2.24) is 0 Å². The zero-order valence-electron chi connectivity index (χ0n) is 22.9. The van der Waals surface area contributed by atoms with Crippen LogP contribution in [-0.2, 0) is 27.2 Å². The number of hydrogen-bond donors (Lipinski definition) is 2. The van der Waals surface area contributed by atoms with Gasteiger partial charge in [0.15, 0.2) is 6.61 Å². The van der Waals surface area contributed by atoms with E-state index in [1.807, 2.05) is 32.0 Å². The Morgan fingerprint density at radius 2 is 1.30 bits per heavy atom. The number of carbonyl (C=O) groups is 3. The molecule has 0 spiro atoms. The first-order valence-electron chi connectivity index (χ1n) is 14.0. The van der Waals surface area contributed by atoms with Crippen LogP contribution in [0.5, 0.6) is 0 Å². The molecule has 0 aliphatic carbocycles. The molecule has 6 nitrogen and oxygen atoms in total. The number of benzene rings is 2. The van der Waals surface area contributed by atoms with Crippen molar-refractivity contribution in [3.05, 3.63) is 59.2 Å². The number of amides is 2. The maximum atomic E-state index is 12.5. The van der Waals surface area contributed by atoms with Crippen LogP contribution in [0.3, 0.4) is 0 Å². The summed E-state index contributed by atoms with van der Waals surface area (Å²) >= 11 is 0. The normalized spacial score (nSPS) is 10.7. The van der Waals surface area contributed by atoms with Crippen LogP contribution in [0.1, 0.15) is 106 Å². The number of rotatable bonds is 17. The van der Waals surface area contributed by atoms with E-state index in [0.717, 1.165) is 48.9 Å². The van der Waals surface area contributed by atoms with Crippen molar-refractivity contribution in [2.24, 2.45) is 0 Å². The van der Waals surface area contributed by atoms with Crippen molar-refractivity contribution in [1.29, 1.82) is 0 Å². The molecule has 0 saturated carbocycles. The number of ether oxygens (including phenoxy) is 1. The lowest BCUT2D eigenvalue weighted by molar-refractivity contribution is -0.119. The van der Waals surface area contributed by atoms with Crippen LogP contribution < -0.4 is 10.6 Å². The summed E-state index contributed by atoms with van der Waals surface area (Å²) < 4.78 is 5.24. The number of nitrogens with one attached hydrogen (secondary N) is 2. The number of hydrogen-bond acceptors (Lipinski definition) is 4. The number of anilines is 2. The molecule has 2 N–H and O–H groups in total. The van der Waals surface area contributed by atoms with E-state index in [1.165, 1.54) is 38.5 Å². The minimum atomic E-state index is -0.607. The number of para-hydroxylation sites is 1. The lowest BCUT2D eigenvalue weighted by atomic mass is 10.0. The summed E-state index contributed by atoms with van der Waals surface area (Å²) in [7, 11) is 0. The molecule has 2 rings (SSSR count). The molecule has 2 aromatic rings. The van der Waals surface area contributed by atoms with Crippen molar-refractivity contribution >= 4 is 29.2 Å². The van der Waals surface area contributed by atoms with Crippen molar-refractivity contribution in [2.45, 2.75) is 97.8 Å². The molecule has 0 aliphatic rings. The highest BCUT2D eigenvalue weighted by molar-refractivity contribution is 5.97. The Kier molecular flexibility index (Phi) is 14.1. The number of aryl methyl sites for hydroxylation is 2. The van der Waals surface area contributed by atoms with Gasteiger partial charge in [0.25, 0.3) is 5.91 Å². The summed E-state index contributed by atoms with van der Waals surface area (Å²) in [6.45, 7) is 5.92. The molecular formula is C31H44N2O4. The van der Waals surface area contributed by atoms with Gasteiger partial charge in [-0.3, -0.25) is 9.59 Å². The number of unbranched alkanes of at least 4 members (excludes halogenated alkanes) is 8. The van der Waals surface area contributed by atoms with Gasteiger partial charge in [0, 0.05) is 17.8 Å². The first-order valence-corrected chi connectivity index (χ1v) is 14.0. The highest BCUT2D eigenvalue weighted by Gasteiger charge is 2.14. The Morgan fingerprint density at radius 3 is 1.92 bits per heavy atom. The van der Waals surface area contributed by atoms with Crippen LogP contribution >= 0.6 is 0 Å². The second-order valence-electron chi connectivity index (χ2n) is 9.49. The van der Waals surface area contributed by atoms with Gasteiger partial charge in [-0.15, -0.1) is 0 Å². The number of esters is 1. The van der Waals surface area contributed by atoms with E-state index in [2.05, 4.69) is 17.6 Å². The van der Waals surface area contributed by atoms with Crippen LogP contribution in [0.2, 0.25) is 0 Å². The van der Waals surface area contributed by atoms with E-state index < -0.39 is 5.97 Å². The SMILES string of the molecule is CCCCCCCCCCCC(=O)Nc1cccc(C(=O)OCC(=O)Nc2c(CC)cccc2CC)c1. The Hall–Kier alpha value is -3.15. The van der Waals surface area contributed by atoms with Crippen molar-refractivity contribution < 1.29 is 19.1 Å². The van der Waals surface area contributed by atoms with Gasteiger partial charge in [-0.05, 0) is 48.6 Å². The van der Waals surface area contributed by atoms with E-state index >= 15 is 0 Å². The molecule has 2 aromatic carbocycles. The molecule has 0 bridgehead atoms. The summed E-state index contributed by atoms with van der Waals surface area (Å²) in [5, 5.41) is 5.75. The fourth-order valence-corrected chi connectivity index (χ4v) is 4.34. The molecule has 0 saturated heterocycles. The maximum absolute atomic E-state index is 12.5. The Balaban J connectivity index is 1.75. The zero-order chi connectivity index (χ0) is 26.9. The average molecular weight is 509 g/mol. The Bertz CT molecular complexity index is 980. The third kappa shape index (κ3) is 11.2. The molecule has 2 amide bonds. The van der Waals surface area contributed by atoms with E-state index in [4.69, 9.17) is 4.74 Å². The van der Waals surface area contributed by atoms with Crippen molar-refractivity contribution in [2.75, 3.05) is 17.2 Å². The third-order valence-electron chi connectivity index (χ3n) is 6.49. The van der Waals surface area contributed by atoms with Gasteiger partial charge in [-0.2, -0.15) is 0 Å². The lowest BCUT2D eigenvalue weighted by Crippen LogP contribution is -2.22. The van der Waals surface area contributed by atoms with Gasteiger partial charge < -0.3 is 15.4 Å². The summed E-state index contributed by atoms with van der Waals surface area (Å²) in [4.78, 5) is 37.3. The van der Waals surface area contributed by atoms with Gasteiger partial charge in [0.2, 0.25) is 5.91 Å². The Labute approximate surface area is 222 Å². The van der Waals surface area contributed by atoms with E-state index in [0.29, 0.717) is 12.1 Å². The summed E-state index contributed by atoms with van der Waals surface area (Å²) in [5.41, 5.74) is 3.72. The highest BCUT2D eigenvalue weighted by Crippen LogP contribution is 2.22. The summed E-state index contributed by atoms with van der Waals surface area (Å²) in [6.07, 6.45) is 12.9. The molecule has 0 radical (unpaired) electrons. The molecule has 0 fully saturated rings.